The molecule has 0 unspecified atom stereocenters. The first kappa shape index (κ1) is 85.0. The van der Waals surface area contributed by atoms with E-state index >= 15 is 0 Å². The number of hydrogen-bond donors (Lipinski definition) is 0. The van der Waals surface area contributed by atoms with Crippen LogP contribution in [0.4, 0.5) is 0 Å². The largest absolute Gasteiger partial charge is 0.456 e. The quantitative estimate of drug-likeness (QED) is 0.119. The Hall–Kier alpha value is -19.0. The van der Waals surface area contributed by atoms with E-state index < -0.39 is 0 Å². The number of rotatable bonds is 12. The van der Waals surface area contributed by atoms with E-state index in [0.29, 0.717) is 23.3 Å². The maximum atomic E-state index is 6.37. The number of aromatic nitrogens is 10. The fraction of sp³-hybridized carbons (Fsp3) is 0.0224. The van der Waals surface area contributed by atoms with Crippen LogP contribution in [0.2, 0.25) is 0 Å². The molecule has 0 spiro atoms. The van der Waals surface area contributed by atoms with Crippen molar-refractivity contribution in [3.8, 4) is 130 Å². The second-order valence-corrected chi connectivity index (χ2v) is 39.3. The highest BCUT2D eigenvalue weighted by Crippen LogP contribution is 2.53. The smallest absolute Gasteiger partial charge is 0.164 e. The normalized spacial score (nSPS) is 12.2. The van der Waals surface area contributed by atoms with Crippen LogP contribution in [0.1, 0.15) is 25.0 Å². The van der Waals surface area contributed by atoms with E-state index in [0.717, 1.165) is 129 Å². The van der Waals surface area contributed by atoms with E-state index in [9.17, 15) is 0 Å². The third-order valence-electron chi connectivity index (χ3n) is 29.2. The minimum absolute atomic E-state index is 0.0900. The first-order valence-electron chi connectivity index (χ1n) is 49.4. The van der Waals surface area contributed by atoms with Crippen molar-refractivity contribution < 1.29 is 4.42 Å². The molecule has 0 aliphatic heterocycles. The summed E-state index contributed by atoms with van der Waals surface area (Å²) in [5, 5.41) is 19.8. The summed E-state index contributed by atoms with van der Waals surface area (Å²) in [6, 6.07) is 171. The molecule has 0 amide bonds. The van der Waals surface area contributed by atoms with Gasteiger partial charge in [0.1, 0.15) is 11.2 Å². The molecule has 8 aromatic heterocycles. The van der Waals surface area contributed by atoms with Crippen molar-refractivity contribution in [3.63, 3.8) is 0 Å². The lowest BCUT2D eigenvalue weighted by molar-refractivity contribution is 0.661. The van der Waals surface area contributed by atoms with E-state index in [2.05, 4.69) is 379 Å². The summed E-state index contributed by atoms with van der Waals surface area (Å²) in [5.74, 6) is 3.38. The molecule has 0 bridgehead atoms. The molecule has 0 N–H and O–H groups in total. The Balaban J connectivity index is 0.000000106. The maximum Gasteiger partial charge on any atom is 0.164 e. The first-order chi connectivity index (χ1) is 72.1. The number of hydrogen-bond acceptors (Lipinski definition) is 9. The summed E-state index contributed by atoms with van der Waals surface area (Å²) < 4.78 is 16.2. The van der Waals surface area contributed by atoms with Gasteiger partial charge in [0, 0.05) is 147 Å². The summed E-state index contributed by atoms with van der Waals surface area (Å²) in [7, 11) is 0. The van der Waals surface area contributed by atoms with Crippen molar-refractivity contribution in [1.29, 1.82) is 0 Å². The van der Waals surface area contributed by atoms with Crippen LogP contribution in [0.3, 0.4) is 0 Å². The number of benzene rings is 21. The van der Waals surface area contributed by atoms with E-state index in [1.54, 1.807) is 0 Å². The highest BCUT2D eigenvalue weighted by molar-refractivity contribution is 7.25. The molecule has 0 saturated heterocycles. The van der Waals surface area contributed by atoms with Crippen LogP contribution >= 0.6 is 11.3 Å². The molecule has 30 rings (SSSR count). The highest BCUT2D eigenvalue weighted by atomic mass is 32.1. The molecular weight excluding hydrogens is 1800 g/mol. The van der Waals surface area contributed by atoms with Crippen molar-refractivity contribution >= 4 is 151 Å². The van der Waals surface area contributed by atoms with Gasteiger partial charge in [-0.15, -0.1) is 11.3 Å². The molecule has 684 valence electrons. The minimum Gasteiger partial charge on any atom is -0.456 e. The average Bonchev–Trinajstić information content (AvgIpc) is 1.55. The van der Waals surface area contributed by atoms with Crippen LogP contribution in [0.25, 0.3) is 270 Å². The molecule has 0 saturated carbocycles. The second-order valence-electron chi connectivity index (χ2n) is 38.2. The van der Waals surface area contributed by atoms with Gasteiger partial charge in [-0.25, -0.2) is 34.9 Å². The summed E-state index contributed by atoms with van der Waals surface area (Å²) >= 11 is 1.86. The third-order valence-corrected chi connectivity index (χ3v) is 30.4. The Bertz CT molecular complexity index is 10000. The lowest BCUT2D eigenvalue weighted by atomic mass is 9.82. The van der Waals surface area contributed by atoms with Gasteiger partial charge in [-0.3, -0.25) is 0 Å². The SMILES string of the molecule is CC1(C)c2ccccc2-c2cc3c4c5ccccc5ccc4n(-c4ccc(-c5cc(-c6ccccc6)nc(-c6ccccc6)n5)cc4)c3cc21.c1ccc(-c2cc(-c3ccccc3)nc(-c3ccc(-n4c5cc6ccccc6cc5c5cc6c(cc54)oc4ccccc46)cc3)n2)cc1.c1ccc(-c2nc(-c3ccccc3)nc(-c3ccc(-n4c5cc6sc7ccccc7c6cc5c5ccc6ccccc6c54)cc3)n2)cc1. The highest BCUT2D eigenvalue weighted by Gasteiger charge is 2.37. The van der Waals surface area contributed by atoms with Crippen molar-refractivity contribution in [1.82, 2.24) is 48.6 Å². The molecule has 1 aliphatic rings. The number of thiophene rings is 1. The zero-order chi connectivity index (χ0) is 96.6. The predicted molar refractivity (Wildman–Crippen MR) is 606 cm³/mol. The van der Waals surface area contributed by atoms with Crippen LogP contribution < -0.4 is 0 Å². The van der Waals surface area contributed by atoms with Crippen LogP contribution in [-0.4, -0.2) is 48.6 Å². The molecule has 0 fully saturated rings. The van der Waals surface area contributed by atoms with Gasteiger partial charge in [0.05, 0.1) is 55.9 Å². The van der Waals surface area contributed by atoms with Crippen LogP contribution in [0.5, 0.6) is 0 Å². The molecule has 21 aromatic carbocycles. The third kappa shape index (κ3) is 14.6. The molecule has 0 atom stereocenters. The Morgan fingerprint density at radius 1 is 0.205 bits per heavy atom. The molecule has 1 aliphatic carbocycles. The molecule has 146 heavy (non-hydrogen) atoms. The lowest BCUT2D eigenvalue weighted by Crippen LogP contribution is -2.14. The Morgan fingerprint density at radius 2 is 0.596 bits per heavy atom. The zero-order valence-corrected chi connectivity index (χ0v) is 80.3. The fourth-order valence-corrected chi connectivity index (χ4v) is 23.2. The Labute approximate surface area is 843 Å². The second kappa shape index (κ2) is 34.8. The van der Waals surface area contributed by atoms with Crippen molar-refractivity contribution in [2.45, 2.75) is 19.3 Å². The number of nitrogens with zero attached hydrogens (tertiary/aromatic N) is 10. The Kier molecular flexibility index (Phi) is 20.2. The fourth-order valence-electron chi connectivity index (χ4n) is 22.1. The van der Waals surface area contributed by atoms with Crippen LogP contribution in [0, 0.1) is 0 Å². The summed E-state index contributed by atoms with van der Waals surface area (Å²) in [4.78, 5) is 35.0. The summed E-state index contributed by atoms with van der Waals surface area (Å²) in [6.45, 7) is 4.71. The van der Waals surface area contributed by atoms with Crippen molar-refractivity contribution in [2.24, 2.45) is 0 Å². The van der Waals surface area contributed by atoms with Gasteiger partial charge >= 0.3 is 0 Å². The van der Waals surface area contributed by atoms with Crippen molar-refractivity contribution in [2.75, 3.05) is 0 Å². The minimum atomic E-state index is -0.0900. The van der Waals surface area contributed by atoms with E-state index in [-0.39, 0.29) is 5.41 Å². The molecule has 11 nitrogen and oxygen atoms in total. The van der Waals surface area contributed by atoms with Crippen LogP contribution in [0.15, 0.2) is 490 Å². The molecular formula is C134H86N10OS. The van der Waals surface area contributed by atoms with Gasteiger partial charge in [0.25, 0.3) is 0 Å². The number of para-hydroxylation sites is 1. The van der Waals surface area contributed by atoms with E-state index in [1.807, 2.05) is 145 Å². The van der Waals surface area contributed by atoms with Gasteiger partial charge in [0.2, 0.25) is 0 Å². The molecule has 12 heteroatoms. The topological polar surface area (TPSA) is 118 Å². The summed E-state index contributed by atoms with van der Waals surface area (Å²) in [5.41, 5.74) is 30.2. The van der Waals surface area contributed by atoms with Crippen molar-refractivity contribution in [3.05, 3.63) is 496 Å². The number of furan rings is 1. The predicted octanol–water partition coefficient (Wildman–Crippen LogP) is 35.2. The van der Waals surface area contributed by atoms with Gasteiger partial charge in [-0.05, 0) is 183 Å². The zero-order valence-electron chi connectivity index (χ0n) is 79.5. The molecule has 0 radical (unpaired) electrons. The first-order valence-corrected chi connectivity index (χ1v) is 50.3. The van der Waals surface area contributed by atoms with Crippen LogP contribution in [-0.2, 0) is 5.41 Å². The van der Waals surface area contributed by atoms with Gasteiger partial charge in [0.15, 0.2) is 29.1 Å². The van der Waals surface area contributed by atoms with E-state index in [4.69, 9.17) is 39.3 Å². The van der Waals surface area contributed by atoms with Gasteiger partial charge in [-0.1, -0.05) is 360 Å². The van der Waals surface area contributed by atoms with Gasteiger partial charge in [-0.2, -0.15) is 0 Å². The summed E-state index contributed by atoms with van der Waals surface area (Å²) in [6.07, 6.45) is 0. The Morgan fingerprint density at radius 3 is 1.16 bits per heavy atom. The molecule has 29 aromatic rings. The molecule has 8 heterocycles. The average molecular weight is 1880 g/mol. The monoisotopic (exact) mass is 1880 g/mol. The number of fused-ring (bicyclic) bond motifs is 23. The van der Waals surface area contributed by atoms with E-state index in [1.165, 1.54) is 129 Å². The lowest BCUT2D eigenvalue weighted by Gasteiger charge is -2.21. The van der Waals surface area contributed by atoms with Gasteiger partial charge < -0.3 is 18.1 Å². The standard InChI is InChI=1S/C47H33N3.C44H27N3O.C43H26N4S/c1-47(2)39-20-12-11-19-36(39)37-27-38-44(28-40(37)47)50(43-26-23-30-13-9-10-18-35(30)45(38)43)34-24-21-32(22-25-34)42-29-41(31-14-5-3-6-15-31)48-46(49-42)33-16-7-4-8-17-33;1-3-11-28(12-4-1)38-26-39(29-13-5-2-6-14-29)46-44(45-38)30-19-21-33(22-20-30)47-40-24-32-16-8-7-15-31(32)23-35(40)36-25-37-34-17-9-10-18-42(34)48-43(37)27-41(36)47;1-3-12-28(13-4-1)41-44-42(29-14-5-2-6-15-29)46-43(45-41)30-19-22-31(23-20-30)47-37-26-39-36(33-17-9-10-18-38(33)48-39)25-35(37)34-24-21-27-11-7-8-16-32(27)40(34)47/h3-29H,1-2H3;1-27H;1-26H. The maximum absolute atomic E-state index is 6.37.